The molecule has 0 radical (unpaired) electrons. The van der Waals surface area contributed by atoms with E-state index in [-0.39, 0.29) is 11.0 Å². The van der Waals surface area contributed by atoms with Crippen LogP contribution in [0, 0.1) is 0 Å². The van der Waals surface area contributed by atoms with Gasteiger partial charge in [0.05, 0.1) is 5.69 Å². The highest BCUT2D eigenvalue weighted by molar-refractivity contribution is 7.99. The minimum atomic E-state index is -4.56. The molecule has 0 aliphatic heterocycles. The lowest BCUT2D eigenvalue weighted by Gasteiger charge is -2.11. The fraction of sp³-hybridized carbons (Fsp3) is 0.250. The van der Waals surface area contributed by atoms with Crippen molar-refractivity contribution in [2.24, 2.45) is 0 Å². The van der Waals surface area contributed by atoms with E-state index in [2.05, 4.69) is 28.8 Å². The highest BCUT2D eigenvalue weighted by atomic mass is 35.5. The van der Waals surface area contributed by atoms with Crippen LogP contribution in [0.15, 0.2) is 35.5 Å². The summed E-state index contributed by atoms with van der Waals surface area (Å²) in [4.78, 5) is 11.3. The van der Waals surface area contributed by atoms with Crippen LogP contribution in [0.5, 0.6) is 0 Å². The van der Waals surface area contributed by atoms with Gasteiger partial charge in [-0.1, -0.05) is 19.9 Å². The SMILES string of the molecule is CC(C)Sc1ccc2c(-c3nc(Cl)ncc3C(F)(F)F)c[nH]c2c1. The molecule has 3 rings (SSSR count). The van der Waals surface area contributed by atoms with Gasteiger partial charge in [0.1, 0.15) is 5.56 Å². The Bertz CT molecular complexity index is 890. The summed E-state index contributed by atoms with van der Waals surface area (Å²) in [6, 6.07) is 5.60. The molecule has 3 nitrogen and oxygen atoms in total. The van der Waals surface area contributed by atoms with Crippen LogP contribution in [0.25, 0.3) is 22.2 Å². The van der Waals surface area contributed by atoms with Crippen molar-refractivity contribution in [3.8, 4) is 11.3 Å². The maximum Gasteiger partial charge on any atom is 0.419 e. The second kappa shape index (κ2) is 6.29. The summed E-state index contributed by atoms with van der Waals surface area (Å²) in [6.45, 7) is 4.15. The predicted octanol–water partition coefficient (Wildman–Crippen LogP) is 5.80. The Labute approximate surface area is 145 Å². The van der Waals surface area contributed by atoms with Crippen molar-refractivity contribution in [3.63, 3.8) is 0 Å². The number of alkyl halides is 3. The molecule has 126 valence electrons. The summed E-state index contributed by atoms with van der Waals surface area (Å²) < 4.78 is 39.7. The monoisotopic (exact) mass is 371 g/mol. The maximum atomic E-state index is 13.2. The van der Waals surface area contributed by atoms with Crippen LogP contribution in [-0.2, 0) is 6.18 Å². The second-order valence-electron chi connectivity index (χ2n) is 5.48. The summed E-state index contributed by atoms with van der Waals surface area (Å²) in [6.07, 6.45) is -2.33. The zero-order valence-electron chi connectivity index (χ0n) is 12.8. The highest BCUT2D eigenvalue weighted by Gasteiger charge is 2.36. The number of hydrogen-bond donors (Lipinski definition) is 1. The van der Waals surface area contributed by atoms with E-state index in [0.717, 1.165) is 10.4 Å². The van der Waals surface area contributed by atoms with Gasteiger partial charge in [-0.15, -0.1) is 11.8 Å². The molecule has 0 amide bonds. The third kappa shape index (κ3) is 3.37. The molecule has 3 aromatic rings. The average Bonchev–Trinajstić information content (AvgIpc) is 2.88. The molecule has 1 aromatic carbocycles. The van der Waals surface area contributed by atoms with Crippen molar-refractivity contribution in [2.45, 2.75) is 30.2 Å². The van der Waals surface area contributed by atoms with Crippen LogP contribution >= 0.6 is 23.4 Å². The first-order valence-electron chi connectivity index (χ1n) is 7.13. The van der Waals surface area contributed by atoms with Gasteiger partial charge in [-0.25, -0.2) is 9.97 Å². The Kier molecular flexibility index (Phi) is 4.48. The molecule has 0 aliphatic rings. The van der Waals surface area contributed by atoms with Crippen LogP contribution in [0.1, 0.15) is 19.4 Å². The van der Waals surface area contributed by atoms with E-state index < -0.39 is 11.7 Å². The van der Waals surface area contributed by atoms with Crippen LogP contribution < -0.4 is 0 Å². The molecule has 8 heteroatoms. The Morgan fingerprint density at radius 1 is 1.25 bits per heavy atom. The number of aromatic amines is 1. The minimum Gasteiger partial charge on any atom is -0.360 e. The average molecular weight is 372 g/mol. The number of nitrogens with zero attached hydrogens (tertiary/aromatic N) is 2. The molecular formula is C16H13ClF3N3S. The van der Waals surface area contributed by atoms with Crippen molar-refractivity contribution in [1.29, 1.82) is 0 Å². The number of aromatic nitrogens is 3. The van der Waals surface area contributed by atoms with Crippen molar-refractivity contribution in [3.05, 3.63) is 41.4 Å². The molecule has 0 spiro atoms. The Balaban J connectivity index is 2.15. The Hall–Kier alpha value is -1.73. The summed E-state index contributed by atoms with van der Waals surface area (Å²) in [5, 5.41) is 0.845. The number of H-pyrrole nitrogens is 1. The van der Waals surface area contributed by atoms with Gasteiger partial charge in [-0.05, 0) is 23.7 Å². The first kappa shape index (κ1) is 17.1. The van der Waals surface area contributed by atoms with Crippen molar-refractivity contribution in [2.75, 3.05) is 0 Å². The topological polar surface area (TPSA) is 41.6 Å². The molecule has 0 unspecified atom stereocenters. The third-order valence-electron chi connectivity index (χ3n) is 3.34. The first-order valence-corrected chi connectivity index (χ1v) is 8.39. The molecule has 24 heavy (non-hydrogen) atoms. The Morgan fingerprint density at radius 2 is 2.00 bits per heavy atom. The number of benzene rings is 1. The molecule has 0 saturated heterocycles. The summed E-state index contributed by atoms with van der Waals surface area (Å²) >= 11 is 7.40. The van der Waals surface area contributed by atoms with Gasteiger partial charge in [0.2, 0.25) is 5.28 Å². The van der Waals surface area contributed by atoms with E-state index in [1.165, 1.54) is 6.20 Å². The predicted molar refractivity (Wildman–Crippen MR) is 90.3 cm³/mol. The Morgan fingerprint density at radius 3 is 2.67 bits per heavy atom. The van der Waals surface area contributed by atoms with Gasteiger partial charge in [0.15, 0.2) is 0 Å². The van der Waals surface area contributed by atoms with E-state index in [9.17, 15) is 13.2 Å². The van der Waals surface area contributed by atoms with Crippen molar-refractivity contribution in [1.82, 2.24) is 15.0 Å². The highest BCUT2D eigenvalue weighted by Crippen LogP contribution is 2.39. The van der Waals surface area contributed by atoms with Crippen molar-refractivity contribution < 1.29 is 13.2 Å². The first-order chi connectivity index (χ1) is 11.3. The van der Waals surface area contributed by atoms with Crippen LogP contribution in [0.2, 0.25) is 5.28 Å². The van der Waals surface area contributed by atoms with E-state index in [4.69, 9.17) is 11.6 Å². The van der Waals surface area contributed by atoms with Gasteiger partial charge >= 0.3 is 6.18 Å². The van der Waals surface area contributed by atoms with Crippen LogP contribution in [-0.4, -0.2) is 20.2 Å². The van der Waals surface area contributed by atoms with Gasteiger partial charge < -0.3 is 4.98 Å². The molecule has 2 heterocycles. The number of nitrogens with one attached hydrogen (secondary N) is 1. The smallest absolute Gasteiger partial charge is 0.360 e. The minimum absolute atomic E-state index is 0.223. The standard InChI is InChI=1S/C16H13ClF3N3S/c1-8(2)24-9-3-4-10-11(6-21-13(10)5-9)14-12(16(18,19)20)7-22-15(17)23-14/h3-8,21H,1-2H3. The number of hydrogen-bond acceptors (Lipinski definition) is 3. The number of fused-ring (bicyclic) bond motifs is 1. The lowest BCUT2D eigenvalue weighted by Crippen LogP contribution is -2.09. The molecule has 1 N–H and O–H groups in total. The molecular weight excluding hydrogens is 359 g/mol. The summed E-state index contributed by atoms with van der Waals surface area (Å²) in [7, 11) is 0. The van der Waals surface area contributed by atoms with Gasteiger partial charge in [0.25, 0.3) is 0 Å². The lowest BCUT2D eigenvalue weighted by atomic mass is 10.1. The zero-order valence-corrected chi connectivity index (χ0v) is 14.4. The second-order valence-corrected chi connectivity index (χ2v) is 7.46. The molecule has 2 aromatic heterocycles. The van der Waals surface area contributed by atoms with Gasteiger partial charge in [-0.3, -0.25) is 0 Å². The van der Waals surface area contributed by atoms with E-state index >= 15 is 0 Å². The summed E-state index contributed by atoms with van der Waals surface area (Å²) in [5.41, 5.74) is -0.0346. The largest absolute Gasteiger partial charge is 0.419 e. The van der Waals surface area contributed by atoms with E-state index in [1.807, 2.05) is 12.1 Å². The normalized spacial score (nSPS) is 12.3. The molecule has 0 bridgehead atoms. The summed E-state index contributed by atoms with van der Waals surface area (Å²) in [5.74, 6) is 0. The number of thioether (sulfide) groups is 1. The lowest BCUT2D eigenvalue weighted by molar-refractivity contribution is -0.137. The number of halogens is 4. The van der Waals surface area contributed by atoms with Crippen molar-refractivity contribution >= 4 is 34.3 Å². The molecule has 0 fully saturated rings. The maximum absolute atomic E-state index is 13.2. The zero-order chi connectivity index (χ0) is 17.5. The molecule has 0 saturated carbocycles. The third-order valence-corrected chi connectivity index (χ3v) is 4.52. The van der Waals surface area contributed by atoms with Crippen LogP contribution in [0.3, 0.4) is 0 Å². The van der Waals surface area contributed by atoms with Gasteiger partial charge in [-0.2, -0.15) is 13.2 Å². The molecule has 0 atom stereocenters. The van der Waals surface area contributed by atoms with E-state index in [0.29, 0.717) is 22.4 Å². The fourth-order valence-corrected chi connectivity index (χ4v) is 3.43. The number of rotatable bonds is 3. The quantitative estimate of drug-likeness (QED) is 0.467. The molecule has 0 aliphatic carbocycles. The fourth-order valence-electron chi connectivity index (χ4n) is 2.42. The van der Waals surface area contributed by atoms with Gasteiger partial charge in [0, 0.05) is 39.0 Å². The van der Waals surface area contributed by atoms with E-state index in [1.54, 1.807) is 17.8 Å². The van der Waals surface area contributed by atoms with Crippen LogP contribution in [0.4, 0.5) is 13.2 Å².